The first kappa shape index (κ1) is 25.2. The number of anilines is 1. The number of nitrogens with two attached hydrogens (primary N) is 1. The van der Waals surface area contributed by atoms with E-state index in [-0.39, 0.29) is 13.0 Å². The Hall–Kier alpha value is -2.02. The molecule has 0 fully saturated rings. The second kappa shape index (κ2) is 10.5. The topological polar surface area (TPSA) is 136 Å². The van der Waals surface area contributed by atoms with Crippen LogP contribution in [0.15, 0.2) is 34.1 Å². The predicted molar refractivity (Wildman–Crippen MR) is 112 cm³/mol. The average Bonchev–Trinajstić information content (AvgIpc) is 2.64. The Labute approximate surface area is 180 Å². The van der Waals surface area contributed by atoms with Gasteiger partial charge in [0.25, 0.3) is 0 Å². The Morgan fingerprint density at radius 3 is 2.23 bits per heavy atom. The number of halogens is 2. The summed E-state index contributed by atoms with van der Waals surface area (Å²) in [6, 6.07) is -0.512. The van der Waals surface area contributed by atoms with Gasteiger partial charge in [0.05, 0.1) is 18.0 Å². The minimum atomic E-state index is -4.89. The minimum Gasteiger partial charge on any atom is -0.489 e. The summed E-state index contributed by atoms with van der Waals surface area (Å²) in [5.41, 5.74) is -0.723. The molecule has 1 unspecified atom stereocenters. The molecule has 0 amide bonds. The van der Waals surface area contributed by atoms with Crippen molar-refractivity contribution in [3.8, 4) is 5.75 Å². The summed E-state index contributed by atoms with van der Waals surface area (Å²) in [4.78, 5) is -2.31. The number of benzene rings is 1. The molecule has 1 aromatic rings. The number of hydrogen-bond acceptors (Lipinski definition) is 7. The molecule has 0 spiro atoms. The highest BCUT2D eigenvalue weighted by Crippen LogP contribution is 2.42. The fraction of sp³-hybridized carbons (Fsp3) is 0.474. The maximum Gasteiger partial charge on any atom is 0.244 e. The van der Waals surface area contributed by atoms with Crippen molar-refractivity contribution in [1.82, 2.24) is 0 Å². The molecule has 0 saturated carbocycles. The zero-order chi connectivity index (χ0) is 23.2. The van der Waals surface area contributed by atoms with Crippen molar-refractivity contribution in [3.05, 3.63) is 35.9 Å². The number of allylic oxidation sites excluding steroid dienone is 2. The third kappa shape index (κ3) is 6.03. The number of sulfonamides is 1. The van der Waals surface area contributed by atoms with Crippen LogP contribution in [0, 0.1) is 11.6 Å². The van der Waals surface area contributed by atoms with Gasteiger partial charge in [0.15, 0.2) is 32.1 Å². The first-order valence-electron chi connectivity index (χ1n) is 9.65. The quantitative estimate of drug-likeness (QED) is 0.461. The summed E-state index contributed by atoms with van der Waals surface area (Å²) in [5.74, 6) is -4.91. The van der Waals surface area contributed by atoms with Crippen molar-refractivity contribution in [2.75, 3.05) is 24.3 Å². The van der Waals surface area contributed by atoms with Gasteiger partial charge in [-0.15, -0.1) is 0 Å². The molecule has 0 heterocycles. The van der Waals surface area contributed by atoms with E-state index in [0.29, 0.717) is 19.3 Å². The van der Waals surface area contributed by atoms with Crippen LogP contribution >= 0.6 is 0 Å². The first-order chi connectivity index (χ1) is 14.5. The van der Waals surface area contributed by atoms with Crippen LogP contribution in [0.4, 0.5) is 14.5 Å². The molecule has 1 atom stereocenters. The maximum atomic E-state index is 15.3. The van der Waals surface area contributed by atoms with Crippen LogP contribution < -0.4 is 15.2 Å². The van der Waals surface area contributed by atoms with E-state index in [1.165, 1.54) is 6.92 Å². The highest BCUT2D eigenvalue weighted by atomic mass is 32.2. The van der Waals surface area contributed by atoms with Crippen molar-refractivity contribution in [3.63, 3.8) is 0 Å². The maximum absolute atomic E-state index is 15.3. The predicted octanol–water partition coefficient (Wildman–Crippen LogP) is 2.24. The van der Waals surface area contributed by atoms with Crippen LogP contribution in [0.2, 0.25) is 0 Å². The third-order valence-corrected chi connectivity index (χ3v) is 7.27. The summed E-state index contributed by atoms with van der Waals surface area (Å²) >= 11 is 0. The van der Waals surface area contributed by atoms with Crippen molar-refractivity contribution < 1.29 is 35.5 Å². The first-order valence-corrected chi connectivity index (χ1v) is 12.8. The van der Waals surface area contributed by atoms with Crippen LogP contribution in [-0.4, -0.2) is 47.0 Å². The number of primary sulfonamides is 1. The van der Waals surface area contributed by atoms with Crippen molar-refractivity contribution in [2.24, 2.45) is 5.14 Å². The van der Waals surface area contributed by atoms with Crippen LogP contribution in [0.5, 0.6) is 5.75 Å². The highest BCUT2D eigenvalue weighted by Gasteiger charge is 2.37. The molecule has 1 aromatic carbocycles. The van der Waals surface area contributed by atoms with E-state index < -0.39 is 71.1 Å². The molecule has 1 aliphatic rings. The Morgan fingerprint density at radius 2 is 1.71 bits per heavy atom. The summed E-state index contributed by atoms with van der Waals surface area (Å²) in [6.45, 7) is 0.745. The van der Waals surface area contributed by atoms with Gasteiger partial charge in [0.1, 0.15) is 4.90 Å². The Kier molecular flexibility index (Phi) is 8.57. The Bertz CT molecular complexity index is 1060. The summed E-state index contributed by atoms with van der Waals surface area (Å²) in [7, 11) is -9.27. The summed E-state index contributed by atoms with van der Waals surface area (Å²) < 4.78 is 85.2. The monoisotopic (exact) mass is 480 g/mol. The largest absolute Gasteiger partial charge is 0.489 e. The molecular weight excluding hydrogens is 454 g/mol. The van der Waals surface area contributed by atoms with Gasteiger partial charge < -0.3 is 15.2 Å². The van der Waals surface area contributed by atoms with Crippen LogP contribution in [0.1, 0.15) is 32.6 Å². The van der Waals surface area contributed by atoms with Gasteiger partial charge in [-0.3, -0.25) is 0 Å². The fourth-order valence-corrected chi connectivity index (χ4v) is 5.44. The van der Waals surface area contributed by atoms with E-state index in [0.717, 1.165) is 0 Å². The summed E-state index contributed by atoms with van der Waals surface area (Å²) in [6.07, 6.45) is 8.64. The molecule has 0 saturated heterocycles. The number of rotatable bonds is 9. The number of nitrogens with one attached hydrogen (secondary N) is 1. The van der Waals surface area contributed by atoms with E-state index in [4.69, 9.17) is 15.0 Å². The molecule has 1 aliphatic carbocycles. The Balaban J connectivity index is 2.82. The zero-order valence-electron chi connectivity index (χ0n) is 17.0. The van der Waals surface area contributed by atoms with Crippen LogP contribution in [-0.2, 0) is 19.9 Å². The number of aliphatic hydroxyl groups excluding tert-OH is 1. The van der Waals surface area contributed by atoms with Crippen LogP contribution in [0.25, 0.3) is 0 Å². The number of aliphatic hydroxyl groups is 1. The van der Waals surface area contributed by atoms with E-state index in [1.807, 2.05) is 24.3 Å². The standard InChI is InChI=1S/C19H26F2N2O6S2/c1-2-29-17-15(21)18(31(22,27)28)14(20)16(19(17)30(25,26)12-8-11-24)23-13-9-6-4-3-5-7-10-13/h4-7,13,23-24H,2-3,8-12H2,1H3,(H2,22,27,28)/b6-4-,7-5+. The normalized spacial score (nSPS) is 19.3. The van der Waals surface area contributed by atoms with Crippen LogP contribution in [0.3, 0.4) is 0 Å². The van der Waals surface area contributed by atoms with Gasteiger partial charge >= 0.3 is 0 Å². The van der Waals surface area contributed by atoms with Crippen molar-refractivity contribution in [1.29, 1.82) is 0 Å². The van der Waals surface area contributed by atoms with Crippen molar-refractivity contribution >= 4 is 25.5 Å². The van der Waals surface area contributed by atoms with Gasteiger partial charge in [-0.25, -0.2) is 30.8 Å². The van der Waals surface area contributed by atoms with Gasteiger partial charge in [-0.1, -0.05) is 24.3 Å². The van der Waals surface area contributed by atoms with Crippen molar-refractivity contribution in [2.45, 2.75) is 48.4 Å². The Morgan fingerprint density at radius 1 is 1.10 bits per heavy atom. The van der Waals surface area contributed by atoms with Gasteiger partial charge in [0, 0.05) is 12.6 Å². The van der Waals surface area contributed by atoms with Gasteiger partial charge in [-0.2, -0.15) is 0 Å². The average molecular weight is 481 g/mol. The van der Waals surface area contributed by atoms with E-state index in [9.17, 15) is 16.8 Å². The van der Waals surface area contributed by atoms with E-state index >= 15 is 8.78 Å². The van der Waals surface area contributed by atoms with E-state index in [2.05, 4.69) is 5.32 Å². The second-order valence-corrected chi connectivity index (χ2v) is 10.4. The molecule has 0 bridgehead atoms. The van der Waals surface area contributed by atoms with E-state index in [1.54, 1.807) is 0 Å². The number of ether oxygens (including phenoxy) is 1. The number of hydrogen-bond donors (Lipinski definition) is 3. The molecular formula is C19H26F2N2O6S2. The van der Waals surface area contributed by atoms with Gasteiger partial charge in [-0.05, 0) is 32.6 Å². The molecule has 174 valence electrons. The van der Waals surface area contributed by atoms with Gasteiger partial charge in [0.2, 0.25) is 10.0 Å². The summed E-state index contributed by atoms with van der Waals surface area (Å²) in [5, 5.41) is 16.8. The lowest BCUT2D eigenvalue weighted by molar-refractivity contribution is 0.294. The molecule has 0 aromatic heterocycles. The molecule has 8 nitrogen and oxygen atoms in total. The lowest BCUT2D eigenvalue weighted by atomic mass is 10.1. The minimum absolute atomic E-state index is 0.192. The highest BCUT2D eigenvalue weighted by molar-refractivity contribution is 7.91. The third-order valence-electron chi connectivity index (χ3n) is 4.50. The lowest BCUT2D eigenvalue weighted by Gasteiger charge is -2.24. The smallest absolute Gasteiger partial charge is 0.244 e. The molecule has 0 aliphatic heterocycles. The number of sulfone groups is 1. The molecule has 4 N–H and O–H groups in total. The SMILES string of the molecule is CCOc1c(F)c(S(N)(=O)=O)c(F)c(NC2C/C=C\C/C=C/C2)c1S(=O)(=O)CCCO. The zero-order valence-corrected chi connectivity index (χ0v) is 18.6. The molecule has 2 rings (SSSR count). The fourth-order valence-electron chi connectivity index (χ4n) is 3.14. The molecule has 12 heteroatoms. The lowest BCUT2D eigenvalue weighted by Crippen LogP contribution is -2.26. The molecule has 0 radical (unpaired) electrons. The molecule has 31 heavy (non-hydrogen) atoms. The second-order valence-electron chi connectivity index (χ2n) is 6.86.